The van der Waals surface area contributed by atoms with Crippen LogP contribution in [0.15, 0.2) is 243 Å². The smallest absolute Gasteiger partial charge is 0.0733 e. The van der Waals surface area contributed by atoms with E-state index in [-0.39, 0.29) is 0 Å². The second kappa shape index (κ2) is 14.6. The van der Waals surface area contributed by atoms with Gasteiger partial charge < -0.3 is 14.4 Å². The van der Waals surface area contributed by atoms with Crippen molar-refractivity contribution in [2.24, 2.45) is 7.05 Å². The van der Waals surface area contributed by atoms with Gasteiger partial charge in [-0.15, -0.1) is 0 Å². The molecule has 306 valence electrons. The van der Waals surface area contributed by atoms with Crippen LogP contribution in [0.25, 0.3) is 55.2 Å². The van der Waals surface area contributed by atoms with E-state index in [1.807, 2.05) is 0 Å². The summed E-state index contributed by atoms with van der Waals surface area (Å²) in [7, 11) is 2.21. The summed E-state index contributed by atoms with van der Waals surface area (Å²) < 4.78 is 2.37. The molecule has 11 aromatic rings. The van der Waals surface area contributed by atoms with E-state index >= 15 is 0 Å². The van der Waals surface area contributed by atoms with Gasteiger partial charge in [0.25, 0.3) is 0 Å². The third-order valence-electron chi connectivity index (χ3n) is 14.0. The van der Waals surface area contributed by atoms with E-state index in [0.717, 1.165) is 34.1 Å². The van der Waals surface area contributed by atoms with Crippen LogP contribution in [-0.2, 0) is 12.5 Å². The number of hydrogen-bond acceptors (Lipinski definition) is 2. The molecule has 0 radical (unpaired) electrons. The Hall–Kier alpha value is -8.40. The van der Waals surface area contributed by atoms with E-state index in [2.05, 4.69) is 264 Å². The van der Waals surface area contributed by atoms with Crippen LogP contribution < -0.4 is 9.80 Å². The number of para-hydroxylation sites is 4. The zero-order valence-corrected chi connectivity index (χ0v) is 35.9. The number of aryl methyl sites for hydroxylation is 1. The molecule has 10 aromatic carbocycles. The Labute approximate surface area is 379 Å². The molecule has 1 atom stereocenters. The van der Waals surface area contributed by atoms with Crippen molar-refractivity contribution in [3.63, 3.8) is 0 Å². The van der Waals surface area contributed by atoms with Gasteiger partial charge in [-0.3, -0.25) is 0 Å². The SMILES string of the molecule is Cn1c2ccccc2c2cccc(N(c3cccc(-c4ccccc4)c3)c3ccc4c(c3)C3(c5ccccc5-c5ccc(N(c6ccccc6)c6ccccc6)cc53)c3ccccc3-4)c21. The number of rotatable bonds is 7. The quantitative estimate of drug-likeness (QED) is 0.159. The van der Waals surface area contributed by atoms with Crippen molar-refractivity contribution in [3.8, 4) is 33.4 Å². The second-order valence-electron chi connectivity index (χ2n) is 17.3. The van der Waals surface area contributed by atoms with Crippen LogP contribution in [0.1, 0.15) is 22.3 Å². The molecule has 0 N–H and O–H groups in total. The van der Waals surface area contributed by atoms with Crippen molar-refractivity contribution in [1.29, 1.82) is 0 Å². The molecule has 1 unspecified atom stereocenters. The van der Waals surface area contributed by atoms with Gasteiger partial charge in [0.1, 0.15) is 0 Å². The number of aromatic nitrogens is 1. The van der Waals surface area contributed by atoms with Crippen molar-refractivity contribution in [3.05, 3.63) is 265 Å². The summed E-state index contributed by atoms with van der Waals surface area (Å²) in [6.07, 6.45) is 0. The molecular formula is C62H43N3. The summed E-state index contributed by atoms with van der Waals surface area (Å²) in [6.45, 7) is 0. The van der Waals surface area contributed by atoms with Gasteiger partial charge in [-0.05, 0) is 128 Å². The maximum Gasteiger partial charge on any atom is 0.0733 e. The zero-order valence-electron chi connectivity index (χ0n) is 35.9. The Morgan fingerprint density at radius 1 is 0.323 bits per heavy atom. The average Bonchev–Trinajstić information content (AvgIpc) is 3.96. The lowest BCUT2D eigenvalue weighted by molar-refractivity contribution is 0.793. The third kappa shape index (κ3) is 5.49. The molecule has 1 aromatic heterocycles. The predicted octanol–water partition coefficient (Wildman–Crippen LogP) is 16.3. The highest BCUT2D eigenvalue weighted by atomic mass is 15.2. The lowest BCUT2D eigenvalue weighted by atomic mass is 9.70. The summed E-state index contributed by atoms with van der Waals surface area (Å²) >= 11 is 0. The first-order valence-corrected chi connectivity index (χ1v) is 22.5. The first-order valence-electron chi connectivity index (χ1n) is 22.5. The molecule has 0 aliphatic heterocycles. The van der Waals surface area contributed by atoms with Crippen LogP contribution in [-0.4, -0.2) is 4.57 Å². The molecule has 2 aliphatic rings. The molecule has 0 saturated heterocycles. The minimum Gasteiger partial charge on any atom is -0.342 e. The Morgan fingerprint density at radius 3 is 1.43 bits per heavy atom. The van der Waals surface area contributed by atoms with Crippen LogP contribution in [0, 0.1) is 0 Å². The number of hydrogen-bond donors (Lipinski definition) is 0. The topological polar surface area (TPSA) is 11.4 Å². The van der Waals surface area contributed by atoms with Crippen molar-refractivity contribution in [1.82, 2.24) is 4.57 Å². The first-order chi connectivity index (χ1) is 32.2. The van der Waals surface area contributed by atoms with Gasteiger partial charge in [0, 0.05) is 51.8 Å². The molecule has 13 rings (SSSR count). The molecule has 1 heterocycles. The maximum absolute atomic E-state index is 2.51. The highest BCUT2D eigenvalue weighted by Crippen LogP contribution is 2.64. The highest BCUT2D eigenvalue weighted by molar-refractivity contribution is 6.13. The Morgan fingerprint density at radius 2 is 0.785 bits per heavy atom. The van der Waals surface area contributed by atoms with Gasteiger partial charge in [0.05, 0.1) is 16.6 Å². The van der Waals surface area contributed by atoms with Gasteiger partial charge in [-0.2, -0.15) is 0 Å². The van der Waals surface area contributed by atoms with Crippen LogP contribution in [0.3, 0.4) is 0 Å². The standard InChI is InChI=1S/C62H43N3/c1-63-59-33-16-13-29-53(59)54-30-18-34-60(61(54)63)65(46-26-17-21-43(39-46)42-19-5-2-6-20-42)48-36-38-52-50-28-12-15-32-56(50)62(58(52)41-48)55-31-14-11-27-49(55)51-37-35-47(40-57(51)62)64(44-22-7-3-8-23-44)45-24-9-4-10-25-45/h2-41H,1H3. The summed E-state index contributed by atoms with van der Waals surface area (Å²) in [5.74, 6) is 0. The largest absolute Gasteiger partial charge is 0.342 e. The van der Waals surface area contributed by atoms with Crippen LogP contribution in [0.5, 0.6) is 0 Å². The monoisotopic (exact) mass is 829 g/mol. The normalized spacial score (nSPS) is 14.3. The van der Waals surface area contributed by atoms with Crippen LogP contribution >= 0.6 is 0 Å². The molecule has 0 amide bonds. The number of nitrogens with zero attached hydrogens (tertiary/aromatic N) is 3. The van der Waals surface area contributed by atoms with Gasteiger partial charge in [-0.1, -0.05) is 170 Å². The minimum atomic E-state index is -0.577. The van der Waals surface area contributed by atoms with Crippen LogP contribution in [0.4, 0.5) is 34.1 Å². The van der Waals surface area contributed by atoms with Crippen molar-refractivity contribution >= 4 is 55.9 Å². The fourth-order valence-corrected chi connectivity index (χ4v) is 11.3. The maximum atomic E-state index is 2.51. The second-order valence-corrected chi connectivity index (χ2v) is 17.3. The van der Waals surface area contributed by atoms with Crippen molar-refractivity contribution in [2.45, 2.75) is 5.41 Å². The minimum absolute atomic E-state index is 0.577. The Kier molecular flexibility index (Phi) is 8.34. The van der Waals surface area contributed by atoms with Gasteiger partial charge in [0.15, 0.2) is 0 Å². The fourth-order valence-electron chi connectivity index (χ4n) is 11.3. The Balaban J connectivity index is 1.09. The van der Waals surface area contributed by atoms with E-state index in [4.69, 9.17) is 0 Å². The number of benzene rings is 10. The van der Waals surface area contributed by atoms with Gasteiger partial charge >= 0.3 is 0 Å². The summed E-state index contributed by atoms with van der Waals surface area (Å²) in [5.41, 5.74) is 21.2. The molecule has 0 saturated carbocycles. The average molecular weight is 830 g/mol. The fraction of sp³-hybridized carbons (Fsp3) is 0.0323. The highest BCUT2D eigenvalue weighted by Gasteiger charge is 2.52. The predicted molar refractivity (Wildman–Crippen MR) is 272 cm³/mol. The lowest BCUT2D eigenvalue weighted by Gasteiger charge is -2.33. The van der Waals surface area contributed by atoms with Crippen LogP contribution in [0.2, 0.25) is 0 Å². The molecular weight excluding hydrogens is 787 g/mol. The lowest BCUT2D eigenvalue weighted by Crippen LogP contribution is -2.26. The molecule has 2 aliphatic carbocycles. The van der Waals surface area contributed by atoms with E-state index in [1.165, 1.54) is 77.4 Å². The molecule has 0 fully saturated rings. The molecule has 3 heteroatoms. The molecule has 1 spiro atoms. The van der Waals surface area contributed by atoms with Gasteiger partial charge in [0.2, 0.25) is 0 Å². The Bertz CT molecular complexity index is 3570. The summed E-state index contributed by atoms with van der Waals surface area (Å²) in [5, 5.41) is 2.49. The van der Waals surface area contributed by atoms with E-state index in [1.54, 1.807) is 0 Å². The van der Waals surface area contributed by atoms with E-state index in [9.17, 15) is 0 Å². The van der Waals surface area contributed by atoms with Crippen molar-refractivity contribution in [2.75, 3.05) is 9.80 Å². The third-order valence-corrected chi connectivity index (χ3v) is 14.0. The summed E-state index contributed by atoms with van der Waals surface area (Å²) in [6, 6.07) is 89.4. The number of anilines is 6. The van der Waals surface area contributed by atoms with Crippen molar-refractivity contribution < 1.29 is 0 Å². The molecule has 3 nitrogen and oxygen atoms in total. The summed E-state index contributed by atoms with van der Waals surface area (Å²) in [4.78, 5) is 4.89. The van der Waals surface area contributed by atoms with E-state index in [0.29, 0.717) is 0 Å². The van der Waals surface area contributed by atoms with Gasteiger partial charge in [-0.25, -0.2) is 0 Å². The van der Waals surface area contributed by atoms with E-state index < -0.39 is 5.41 Å². The molecule has 65 heavy (non-hydrogen) atoms. The first kappa shape index (κ1) is 37.2. The molecule has 0 bridgehead atoms. The zero-order chi connectivity index (χ0) is 43.1. The number of fused-ring (bicyclic) bond motifs is 13.